The zero-order chi connectivity index (χ0) is 12.3. The van der Waals surface area contributed by atoms with Crippen LogP contribution in [0.5, 0.6) is 0 Å². The molecule has 1 saturated heterocycles. The van der Waals surface area contributed by atoms with Crippen LogP contribution >= 0.6 is 0 Å². The Bertz CT molecular complexity index is 378. The van der Waals surface area contributed by atoms with Crippen LogP contribution in [0, 0.1) is 6.92 Å². The minimum Gasteiger partial charge on any atom is -0.373 e. The molecule has 2 rings (SSSR count). The number of hydrogen-bond donors (Lipinski definition) is 1. The Kier molecular flexibility index (Phi) is 3.94. The molecule has 2 heterocycles. The van der Waals surface area contributed by atoms with E-state index in [-0.39, 0.29) is 0 Å². The van der Waals surface area contributed by atoms with E-state index in [0.29, 0.717) is 5.92 Å². The molecular formula is C13H22N4. The van der Waals surface area contributed by atoms with E-state index in [4.69, 9.17) is 0 Å². The molecule has 17 heavy (non-hydrogen) atoms. The third kappa shape index (κ3) is 2.94. The second-order valence-corrected chi connectivity index (χ2v) is 4.74. The van der Waals surface area contributed by atoms with Gasteiger partial charge in [-0.15, -0.1) is 0 Å². The van der Waals surface area contributed by atoms with Crippen molar-refractivity contribution in [3.8, 4) is 0 Å². The van der Waals surface area contributed by atoms with E-state index in [1.807, 2.05) is 20.0 Å². The Morgan fingerprint density at radius 2 is 2.29 bits per heavy atom. The summed E-state index contributed by atoms with van der Waals surface area (Å²) < 4.78 is 0. The summed E-state index contributed by atoms with van der Waals surface area (Å²) in [6, 6.07) is 1.99. The molecule has 0 radical (unpaired) electrons. The fourth-order valence-corrected chi connectivity index (χ4v) is 2.46. The van der Waals surface area contributed by atoms with E-state index in [9.17, 15) is 0 Å². The highest BCUT2D eigenvalue weighted by atomic mass is 15.1. The summed E-state index contributed by atoms with van der Waals surface area (Å²) in [6.07, 6.45) is 2.47. The van der Waals surface area contributed by atoms with Gasteiger partial charge in [0.1, 0.15) is 11.6 Å². The van der Waals surface area contributed by atoms with Gasteiger partial charge in [-0.05, 0) is 32.9 Å². The first kappa shape index (κ1) is 12.3. The van der Waals surface area contributed by atoms with Gasteiger partial charge in [0.15, 0.2) is 0 Å². The van der Waals surface area contributed by atoms with Crippen LogP contribution in [0.25, 0.3) is 0 Å². The van der Waals surface area contributed by atoms with Gasteiger partial charge in [-0.3, -0.25) is 0 Å². The molecule has 0 amide bonds. The summed E-state index contributed by atoms with van der Waals surface area (Å²) in [5, 5.41) is 3.11. The number of aromatic nitrogens is 2. The summed E-state index contributed by atoms with van der Waals surface area (Å²) in [4.78, 5) is 11.7. The van der Waals surface area contributed by atoms with Gasteiger partial charge in [-0.1, -0.05) is 6.92 Å². The van der Waals surface area contributed by atoms with Gasteiger partial charge in [-0.25, -0.2) is 9.97 Å². The second-order valence-electron chi connectivity index (χ2n) is 4.74. The second kappa shape index (κ2) is 5.45. The Balaban J connectivity index is 2.18. The maximum atomic E-state index is 4.60. The van der Waals surface area contributed by atoms with E-state index in [1.165, 1.54) is 19.4 Å². The van der Waals surface area contributed by atoms with Crippen LogP contribution in [0.15, 0.2) is 6.07 Å². The molecule has 0 spiro atoms. The molecular weight excluding hydrogens is 212 g/mol. The van der Waals surface area contributed by atoms with E-state index in [2.05, 4.69) is 27.1 Å². The highest BCUT2D eigenvalue weighted by Gasteiger charge is 2.22. The molecule has 1 aliphatic rings. The third-order valence-corrected chi connectivity index (χ3v) is 3.45. The number of rotatable bonds is 3. The van der Waals surface area contributed by atoms with Crippen LogP contribution in [-0.4, -0.2) is 41.5 Å². The highest BCUT2D eigenvalue weighted by molar-refractivity contribution is 5.35. The first-order valence-corrected chi connectivity index (χ1v) is 6.48. The highest BCUT2D eigenvalue weighted by Crippen LogP contribution is 2.25. The number of nitrogens with one attached hydrogen (secondary N) is 1. The van der Waals surface area contributed by atoms with Crippen molar-refractivity contribution in [3.05, 3.63) is 17.6 Å². The van der Waals surface area contributed by atoms with Crippen LogP contribution in [-0.2, 0) is 0 Å². The standard InChI is InChI=1S/C13H22N4/c1-4-17-7-5-6-11(9-17)13-15-10(2)8-12(14-3)16-13/h8,11H,4-7,9H2,1-3H3,(H,14,15,16)/t11-/m1/s1. The smallest absolute Gasteiger partial charge is 0.135 e. The zero-order valence-electron chi connectivity index (χ0n) is 11.0. The van der Waals surface area contributed by atoms with Crippen LogP contribution in [0.4, 0.5) is 5.82 Å². The Labute approximate surface area is 103 Å². The molecule has 0 saturated carbocycles. The van der Waals surface area contributed by atoms with E-state index < -0.39 is 0 Å². The van der Waals surface area contributed by atoms with Gasteiger partial charge in [-0.2, -0.15) is 0 Å². The minimum absolute atomic E-state index is 0.496. The van der Waals surface area contributed by atoms with Gasteiger partial charge in [0.2, 0.25) is 0 Å². The number of likely N-dealkylation sites (N-methyl/N-ethyl adjacent to an activating group) is 1. The lowest BCUT2D eigenvalue weighted by Gasteiger charge is -2.31. The van der Waals surface area contributed by atoms with Crippen molar-refractivity contribution < 1.29 is 0 Å². The maximum absolute atomic E-state index is 4.60. The quantitative estimate of drug-likeness (QED) is 0.869. The van der Waals surface area contributed by atoms with Gasteiger partial charge in [0, 0.05) is 31.3 Å². The molecule has 0 aromatic carbocycles. The van der Waals surface area contributed by atoms with Crippen LogP contribution < -0.4 is 5.32 Å². The molecule has 0 unspecified atom stereocenters. The lowest BCUT2D eigenvalue weighted by Crippen LogP contribution is -2.34. The first-order valence-electron chi connectivity index (χ1n) is 6.48. The number of likely N-dealkylation sites (tertiary alicyclic amines) is 1. The molecule has 4 heteroatoms. The predicted molar refractivity (Wildman–Crippen MR) is 70.4 cm³/mol. The molecule has 1 fully saturated rings. The van der Waals surface area contributed by atoms with Crippen molar-refractivity contribution in [3.63, 3.8) is 0 Å². The summed E-state index contributed by atoms with van der Waals surface area (Å²) in [6.45, 7) is 7.70. The van der Waals surface area contributed by atoms with E-state index in [1.54, 1.807) is 0 Å². The Morgan fingerprint density at radius 1 is 1.47 bits per heavy atom. The Morgan fingerprint density at radius 3 is 3.00 bits per heavy atom. The SMILES string of the molecule is CCN1CCC[C@@H](c2nc(C)cc(NC)n2)C1. The summed E-state index contributed by atoms with van der Waals surface area (Å²) in [5.41, 5.74) is 1.05. The lowest BCUT2D eigenvalue weighted by atomic mass is 9.97. The zero-order valence-corrected chi connectivity index (χ0v) is 11.0. The fraction of sp³-hybridized carbons (Fsp3) is 0.692. The largest absolute Gasteiger partial charge is 0.373 e. The molecule has 0 bridgehead atoms. The molecule has 94 valence electrons. The van der Waals surface area contributed by atoms with Crippen molar-refractivity contribution in [2.24, 2.45) is 0 Å². The molecule has 4 nitrogen and oxygen atoms in total. The summed E-state index contributed by atoms with van der Waals surface area (Å²) >= 11 is 0. The van der Waals surface area contributed by atoms with E-state index >= 15 is 0 Å². The lowest BCUT2D eigenvalue weighted by molar-refractivity contribution is 0.214. The van der Waals surface area contributed by atoms with Crippen molar-refractivity contribution in [1.29, 1.82) is 0 Å². The molecule has 0 aliphatic carbocycles. The van der Waals surface area contributed by atoms with Crippen LogP contribution in [0.3, 0.4) is 0 Å². The molecule has 1 atom stereocenters. The van der Waals surface area contributed by atoms with Gasteiger partial charge >= 0.3 is 0 Å². The van der Waals surface area contributed by atoms with Gasteiger partial charge in [0.25, 0.3) is 0 Å². The maximum Gasteiger partial charge on any atom is 0.135 e. The topological polar surface area (TPSA) is 41.1 Å². The van der Waals surface area contributed by atoms with Crippen molar-refractivity contribution in [2.75, 3.05) is 32.0 Å². The molecule has 1 aromatic rings. The van der Waals surface area contributed by atoms with Crippen LogP contribution in [0.1, 0.15) is 37.2 Å². The minimum atomic E-state index is 0.496. The molecule has 1 aliphatic heterocycles. The van der Waals surface area contributed by atoms with Crippen molar-refractivity contribution in [1.82, 2.24) is 14.9 Å². The van der Waals surface area contributed by atoms with Crippen molar-refractivity contribution in [2.45, 2.75) is 32.6 Å². The summed E-state index contributed by atoms with van der Waals surface area (Å²) in [7, 11) is 1.91. The van der Waals surface area contributed by atoms with Crippen molar-refractivity contribution >= 4 is 5.82 Å². The van der Waals surface area contributed by atoms with Gasteiger partial charge in [0.05, 0.1) is 0 Å². The molecule has 1 aromatic heterocycles. The Hall–Kier alpha value is -1.16. The van der Waals surface area contributed by atoms with Crippen LogP contribution in [0.2, 0.25) is 0 Å². The number of nitrogens with zero attached hydrogens (tertiary/aromatic N) is 3. The first-order chi connectivity index (χ1) is 8.22. The molecule has 1 N–H and O–H groups in total. The fourth-order valence-electron chi connectivity index (χ4n) is 2.46. The number of anilines is 1. The normalized spacial score (nSPS) is 21.5. The van der Waals surface area contributed by atoms with Gasteiger partial charge < -0.3 is 10.2 Å². The van der Waals surface area contributed by atoms with E-state index in [0.717, 1.165) is 30.4 Å². The monoisotopic (exact) mass is 234 g/mol. The average Bonchev–Trinajstić information content (AvgIpc) is 2.38. The number of aryl methyl sites for hydroxylation is 1. The predicted octanol–water partition coefficient (Wildman–Crippen LogP) is 2.03. The third-order valence-electron chi connectivity index (χ3n) is 3.45. The number of hydrogen-bond acceptors (Lipinski definition) is 4. The average molecular weight is 234 g/mol. The summed E-state index contributed by atoms with van der Waals surface area (Å²) in [5.74, 6) is 2.43. The number of piperidine rings is 1.